The summed E-state index contributed by atoms with van der Waals surface area (Å²) in [5, 5.41) is 0. The van der Waals surface area contributed by atoms with E-state index in [0.717, 1.165) is 12.8 Å². The second kappa shape index (κ2) is 6.25. The first-order valence-corrected chi connectivity index (χ1v) is 8.69. The van der Waals surface area contributed by atoms with Gasteiger partial charge in [0, 0.05) is 5.92 Å². The molecule has 1 saturated heterocycles. The van der Waals surface area contributed by atoms with Gasteiger partial charge in [-0.25, -0.2) is 4.79 Å². The fraction of sp³-hybridized carbons (Fsp3) is 0.550. The van der Waals surface area contributed by atoms with Gasteiger partial charge >= 0.3 is 6.09 Å². The molecule has 24 heavy (non-hydrogen) atoms. The molecule has 3 rings (SSSR count). The number of amides is 1. The van der Waals surface area contributed by atoms with Crippen LogP contribution in [-0.2, 0) is 9.47 Å². The van der Waals surface area contributed by atoms with Crippen molar-refractivity contribution in [3.05, 3.63) is 41.5 Å². The maximum atomic E-state index is 12.5. The Kier molecular flexibility index (Phi) is 4.43. The second-order valence-corrected chi connectivity index (χ2v) is 7.73. The van der Waals surface area contributed by atoms with Crippen LogP contribution >= 0.6 is 0 Å². The van der Waals surface area contributed by atoms with E-state index in [1.54, 1.807) is 4.90 Å². The Balaban J connectivity index is 1.49. The summed E-state index contributed by atoms with van der Waals surface area (Å²) in [5.74, 6) is 0.433. The van der Waals surface area contributed by atoms with E-state index in [1.165, 1.54) is 11.1 Å². The minimum absolute atomic E-state index is 0.287. The lowest BCUT2D eigenvalue weighted by Gasteiger charge is -2.36. The van der Waals surface area contributed by atoms with Crippen molar-refractivity contribution >= 4 is 12.2 Å². The molecule has 4 nitrogen and oxygen atoms in total. The second-order valence-electron chi connectivity index (χ2n) is 7.73. The highest BCUT2D eigenvalue weighted by atomic mass is 16.6. The summed E-state index contributed by atoms with van der Waals surface area (Å²) in [4.78, 5) is 14.2. The SMILES string of the molecule is CC1(C)COC(C)(C)N1C(=O)OCCC[C@@H]1C=Cc2ccccc21. The van der Waals surface area contributed by atoms with E-state index >= 15 is 0 Å². The molecule has 0 N–H and O–H groups in total. The van der Waals surface area contributed by atoms with Gasteiger partial charge in [0.05, 0.1) is 18.8 Å². The predicted octanol–water partition coefficient (Wildman–Crippen LogP) is 4.56. The van der Waals surface area contributed by atoms with Crippen molar-refractivity contribution in [3.63, 3.8) is 0 Å². The van der Waals surface area contributed by atoms with Crippen LogP contribution in [0.15, 0.2) is 30.3 Å². The van der Waals surface area contributed by atoms with Gasteiger partial charge in [0.25, 0.3) is 0 Å². The van der Waals surface area contributed by atoms with Crippen molar-refractivity contribution in [2.45, 2.75) is 57.7 Å². The lowest BCUT2D eigenvalue weighted by atomic mass is 9.96. The number of hydrogen-bond acceptors (Lipinski definition) is 3. The molecule has 1 amide bonds. The molecule has 1 aromatic rings. The molecule has 1 aliphatic carbocycles. The third-order valence-electron chi connectivity index (χ3n) is 4.89. The molecule has 2 aliphatic rings. The summed E-state index contributed by atoms with van der Waals surface area (Å²) in [6, 6.07) is 8.47. The topological polar surface area (TPSA) is 38.8 Å². The maximum absolute atomic E-state index is 12.5. The molecule has 0 unspecified atom stereocenters. The van der Waals surface area contributed by atoms with Gasteiger partial charge in [-0.15, -0.1) is 0 Å². The van der Waals surface area contributed by atoms with Gasteiger partial charge in [-0.05, 0) is 51.7 Å². The molecule has 0 spiro atoms. The number of fused-ring (bicyclic) bond motifs is 1. The average molecular weight is 329 g/mol. The highest BCUT2D eigenvalue weighted by Gasteiger charge is 2.49. The van der Waals surface area contributed by atoms with Gasteiger partial charge in [0.15, 0.2) is 0 Å². The Morgan fingerprint density at radius 2 is 2.04 bits per heavy atom. The van der Waals surface area contributed by atoms with Crippen LogP contribution < -0.4 is 0 Å². The zero-order chi connectivity index (χ0) is 17.4. The molecule has 1 heterocycles. The third kappa shape index (κ3) is 3.20. The first-order valence-electron chi connectivity index (χ1n) is 8.69. The monoisotopic (exact) mass is 329 g/mol. The normalized spacial score (nSPS) is 23.3. The molecule has 0 aromatic heterocycles. The maximum Gasteiger partial charge on any atom is 0.412 e. The largest absolute Gasteiger partial charge is 0.449 e. The van der Waals surface area contributed by atoms with E-state index in [9.17, 15) is 4.79 Å². The minimum Gasteiger partial charge on any atom is -0.449 e. The molecule has 0 bridgehead atoms. The van der Waals surface area contributed by atoms with Crippen LogP contribution in [0.2, 0.25) is 0 Å². The van der Waals surface area contributed by atoms with Crippen molar-refractivity contribution in [2.24, 2.45) is 0 Å². The average Bonchev–Trinajstić information content (AvgIpc) is 3.02. The van der Waals surface area contributed by atoms with Crippen LogP contribution in [0.1, 0.15) is 57.6 Å². The van der Waals surface area contributed by atoms with Gasteiger partial charge < -0.3 is 9.47 Å². The van der Waals surface area contributed by atoms with Crippen molar-refractivity contribution < 1.29 is 14.3 Å². The number of hydrogen-bond donors (Lipinski definition) is 0. The molecule has 1 aliphatic heterocycles. The van der Waals surface area contributed by atoms with Gasteiger partial charge in [0.2, 0.25) is 0 Å². The summed E-state index contributed by atoms with van der Waals surface area (Å²) < 4.78 is 11.3. The van der Waals surface area contributed by atoms with Crippen molar-refractivity contribution in [1.29, 1.82) is 0 Å². The molecule has 0 saturated carbocycles. The summed E-state index contributed by atoms with van der Waals surface area (Å²) in [5.41, 5.74) is 1.72. The zero-order valence-corrected chi connectivity index (χ0v) is 15.0. The highest BCUT2D eigenvalue weighted by Crippen LogP contribution is 2.35. The van der Waals surface area contributed by atoms with Crippen LogP contribution in [0.25, 0.3) is 6.08 Å². The molecule has 1 aromatic carbocycles. The van der Waals surface area contributed by atoms with Crippen LogP contribution in [0, 0.1) is 0 Å². The number of nitrogens with zero attached hydrogens (tertiary/aromatic N) is 1. The fourth-order valence-electron chi connectivity index (χ4n) is 3.78. The number of carbonyl (C=O) groups is 1. The highest BCUT2D eigenvalue weighted by molar-refractivity contribution is 5.70. The van der Waals surface area contributed by atoms with Crippen LogP contribution in [0.3, 0.4) is 0 Å². The Morgan fingerprint density at radius 3 is 2.75 bits per heavy atom. The molecule has 1 atom stereocenters. The quantitative estimate of drug-likeness (QED) is 0.760. The summed E-state index contributed by atoms with van der Waals surface area (Å²) in [6.07, 6.45) is 5.98. The van der Waals surface area contributed by atoms with E-state index in [0.29, 0.717) is 19.1 Å². The lowest BCUT2D eigenvalue weighted by molar-refractivity contribution is -0.0519. The van der Waals surface area contributed by atoms with Crippen LogP contribution in [-0.4, -0.2) is 35.5 Å². The summed E-state index contributed by atoms with van der Waals surface area (Å²) in [6.45, 7) is 8.78. The van der Waals surface area contributed by atoms with Gasteiger partial charge in [-0.3, -0.25) is 4.90 Å². The number of allylic oxidation sites excluding steroid dienone is 1. The Hall–Kier alpha value is -1.81. The molecule has 130 valence electrons. The van der Waals surface area contributed by atoms with Gasteiger partial charge in [0.1, 0.15) is 5.72 Å². The van der Waals surface area contributed by atoms with Crippen molar-refractivity contribution in [3.8, 4) is 0 Å². The number of carbonyl (C=O) groups excluding carboxylic acids is 1. The van der Waals surface area contributed by atoms with Gasteiger partial charge in [-0.2, -0.15) is 0 Å². The number of benzene rings is 1. The van der Waals surface area contributed by atoms with E-state index in [4.69, 9.17) is 9.47 Å². The number of rotatable bonds is 4. The Morgan fingerprint density at radius 1 is 1.29 bits per heavy atom. The lowest BCUT2D eigenvalue weighted by Crippen LogP contribution is -2.52. The molecular weight excluding hydrogens is 302 g/mol. The standard InChI is InChI=1S/C20H27NO3/c1-19(2)14-24-20(3,4)21(19)18(22)23-13-7-9-16-12-11-15-8-5-6-10-17(15)16/h5-6,8,10-12,16H,7,9,13-14H2,1-4H3/t16-/m1/s1. The van der Waals surface area contributed by atoms with Crippen molar-refractivity contribution in [1.82, 2.24) is 4.90 Å². The van der Waals surface area contributed by atoms with Crippen LogP contribution in [0.5, 0.6) is 0 Å². The molecule has 4 heteroatoms. The fourth-order valence-corrected chi connectivity index (χ4v) is 3.78. The van der Waals surface area contributed by atoms with E-state index in [1.807, 2.05) is 27.7 Å². The molecule has 0 radical (unpaired) electrons. The minimum atomic E-state index is -0.617. The van der Waals surface area contributed by atoms with E-state index in [-0.39, 0.29) is 11.6 Å². The third-order valence-corrected chi connectivity index (χ3v) is 4.89. The Labute approximate surface area is 144 Å². The Bertz CT molecular complexity index is 632. The number of ether oxygens (including phenoxy) is 2. The first-order chi connectivity index (χ1) is 11.3. The van der Waals surface area contributed by atoms with Crippen LogP contribution in [0.4, 0.5) is 4.79 Å². The molecular formula is C20H27NO3. The van der Waals surface area contributed by atoms with E-state index < -0.39 is 5.72 Å². The predicted molar refractivity (Wildman–Crippen MR) is 94.7 cm³/mol. The smallest absolute Gasteiger partial charge is 0.412 e. The summed E-state index contributed by atoms with van der Waals surface area (Å²) >= 11 is 0. The van der Waals surface area contributed by atoms with Crippen molar-refractivity contribution in [2.75, 3.05) is 13.2 Å². The first kappa shape index (κ1) is 17.0. The summed E-state index contributed by atoms with van der Waals surface area (Å²) in [7, 11) is 0. The molecule has 1 fully saturated rings. The van der Waals surface area contributed by atoms with E-state index in [2.05, 4.69) is 36.4 Å². The van der Waals surface area contributed by atoms with Gasteiger partial charge in [-0.1, -0.05) is 36.4 Å². The zero-order valence-electron chi connectivity index (χ0n) is 15.0.